The third-order valence-corrected chi connectivity index (χ3v) is 6.13. The number of amides is 1. The molecule has 0 radical (unpaired) electrons. The van der Waals surface area contributed by atoms with Gasteiger partial charge in [-0.2, -0.15) is 5.10 Å². The highest BCUT2D eigenvalue weighted by Crippen LogP contribution is 2.24. The highest BCUT2D eigenvalue weighted by Gasteiger charge is 2.27. The number of carbonyl (C=O) groups is 1. The van der Waals surface area contributed by atoms with Crippen molar-refractivity contribution >= 4 is 17.5 Å². The summed E-state index contributed by atoms with van der Waals surface area (Å²) in [5.74, 6) is 0.551. The first-order valence-corrected chi connectivity index (χ1v) is 10.0. The van der Waals surface area contributed by atoms with Gasteiger partial charge in [-0.3, -0.25) is 4.79 Å². The second-order valence-corrected chi connectivity index (χ2v) is 8.18. The van der Waals surface area contributed by atoms with Gasteiger partial charge in [0.15, 0.2) is 0 Å². The Kier molecular flexibility index (Phi) is 5.92. The summed E-state index contributed by atoms with van der Waals surface area (Å²) in [4.78, 5) is 14.9. The molecule has 5 nitrogen and oxygen atoms in total. The van der Waals surface area contributed by atoms with Crippen molar-refractivity contribution in [3.8, 4) is 5.69 Å². The van der Waals surface area contributed by atoms with Crippen LogP contribution in [0.1, 0.15) is 42.3 Å². The van der Waals surface area contributed by atoms with Gasteiger partial charge in [-0.1, -0.05) is 17.7 Å². The van der Waals surface area contributed by atoms with Crippen LogP contribution >= 0.6 is 11.6 Å². The minimum atomic E-state index is 0.123. The molecule has 1 saturated heterocycles. The Labute approximate surface area is 166 Å². The van der Waals surface area contributed by atoms with E-state index in [1.807, 2.05) is 55.5 Å². The molecular weight excluding hydrogens is 360 g/mol. The molecule has 0 aliphatic carbocycles. The summed E-state index contributed by atoms with van der Waals surface area (Å²) in [6.45, 7) is 9.56. The van der Waals surface area contributed by atoms with E-state index in [0.29, 0.717) is 17.4 Å². The van der Waals surface area contributed by atoms with E-state index >= 15 is 0 Å². The van der Waals surface area contributed by atoms with Crippen LogP contribution in [0.15, 0.2) is 18.2 Å². The Hall–Kier alpha value is -1.85. The van der Waals surface area contributed by atoms with Crippen LogP contribution in [0.25, 0.3) is 5.69 Å². The topological polar surface area (TPSA) is 64.2 Å². The highest BCUT2D eigenvalue weighted by molar-refractivity contribution is 6.31. The molecule has 0 saturated carbocycles. The van der Waals surface area contributed by atoms with Gasteiger partial charge in [-0.05, 0) is 64.2 Å². The SMILES string of the molecule is Cc1ccc(-n2nc(C)c(CC(=O)N3CCC[C@H]([C@H](C)N)C3)c2C)cc1Cl. The number of rotatable bonds is 4. The number of piperidine rings is 1. The lowest BCUT2D eigenvalue weighted by molar-refractivity contribution is -0.132. The molecule has 1 aromatic carbocycles. The number of hydrogen-bond acceptors (Lipinski definition) is 3. The summed E-state index contributed by atoms with van der Waals surface area (Å²) in [6.07, 6.45) is 2.51. The number of nitrogens with zero attached hydrogens (tertiary/aromatic N) is 3. The van der Waals surface area contributed by atoms with Crippen molar-refractivity contribution in [1.82, 2.24) is 14.7 Å². The van der Waals surface area contributed by atoms with Crippen LogP contribution in [0.5, 0.6) is 0 Å². The fourth-order valence-corrected chi connectivity index (χ4v) is 4.00. The first-order chi connectivity index (χ1) is 12.8. The van der Waals surface area contributed by atoms with E-state index in [1.165, 1.54) is 0 Å². The van der Waals surface area contributed by atoms with Gasteiger partial charge < -0.3 is 10.6 Å². The van der Waals surface area contributed by atoms with E-state index < -0.39 is 0 Å². The molecule has 146 valence electrons. The molecule has 27 heavy (non-hydrogen) atoms. The van der Waals surface area contributed by atoms with Crippen molar-refractivity contribution in [2.45, 2.75) is 53.0 Å². The zero-order valence-electron chi connectivity index (χ0n) is 16.6. The van der Waals surface area contributed by atoms with Crippen molar-refractivity contribution in [1.29, 1.82) is 0 Å². The maximum absolute atomic E-state index is 12.9. The van der Waals surface area contributed by atoms with Crippen LogP contribution < -0.4 is 5.73 Å². The molecule has 3 rings (SSSR count). The number of likely N-dealkylation sites (tertiary alicyclic amines) is 1. The van der Waals surface area contributed by atoms with E-state index in [9.17, 15) is 4.79 Å². The summed E-state index contributed by atoms with van der Waals surface area (Å²) in [6, 6.07) is 6.03. The van der Waals surface area contributed by atoms with E-state index in [-0.39, 0.29) is 11.9 Å². The molecule has 6 heteroatoms. The van der Waals surface area contributed by atoms with Gasteiger partial charge in [0.2, 0.25) is 5.91 Å². The zero-order valence-corrected chi connectivity index (χ0v) is 17.4. The number of carbonyl (C=O) groups excluding carboxylic acids is 1. The first-order valence-electron chi connectivity index (χ1n) is 9.63. The molecule has 0 spiro atoms. The lowest BCUT2D eigenvalue weighted by Crippen LogP contribution is -2.45. The molecule has 0 unspecified atom stereocenters. The number of halogens is 1. The van der Waals surface area contributed by atoms with Crippen LogP contribution in [0, 0.1) is 26.7 Å². The molecule has 2 atom stereocenters. The smallest absolute Gasteiger partial charge is 0.227 e. The van der Waals surface area contributed by atoms with Crippen molar-refractivity contribution in [3.63, 3.8) is 0 Å². The minimum absolute atomic E-state index is 0.123. The van der Waals surface area contributed by atoms with E-state index in [1.54, 1.807) is 0 Å². The van der Waals surface area contributed by atoms with E-state index in [2.05, 4.69) is 5.10 Å². The third-order valence-electron chi connectivity index (χ3n) is 5.72. The van der Waals surface area contributed by atoms with Gasteiger partial charge in [0.25, 0.3) is 0 Å². The quantitative estimate of drug-likeness (QED) is 0.870. The van der Waals surface area contributed by atoms with Crippen LogP contribution in [0.2, 0.25) is 5.02 Å². The second-order valence-electron chi connectivity index (χ2n) is 7.77. The number of aromatic nitrogens is 2. The van der Waals surface area contributed by atoms with Gasteiger partial charge in [0, 0.05) is 35.4 Å². The molecule has 1 aromatic heterocycles. The second kappa shape index (κ2) is 8.03. The molecule has 1 amide bonds. The maximum Gasteiger partial charge on any atom is 0.227 e. The molecule has 1 aliphatic heterocycles. The van der Waals surface area contributed by atoms with Gasteiger partial charge in [0.1, 0.15) is 0 Å². The fourth-order valence-electron chi connectivity index (χ4n) is 3.82. The molecule has 1 aliphatic rings. The fraction of sp³-hybridized carbons (Fsp3) is 0.524. The van der Waals surface area contributed by atoms with E-state index in [4.69, 9.17) is 17.3 Å². The predicted octanol–water partition coefficient (Wildman–Crippen LogP) is 3.58. The van der Waals surface area contributed by atoms with Gasteiger partial charge in [0.05, 0.1) is 17.8 Å². The summed E-state index contributed by atoms with van der Waals surface area (Å²) >= 11 is 6.28. The maximum atomic E-state index is 12.9. The van der Waals surface area contributed by atoms with E-state index in [0.717, 1.165) is 54.1 Å². The Morgan fingerprint density at radius 3 is 2.78 bits per heavy atom. The number of benzene rings is 1. The monoisotopic (exact) mass is 388 g/mol. The van der Waals surface area contributed by atoms with Crippen molar-refractivity contribution in [2.24, 2.45) is 11.7 Å². The van der Waals surface area contributed by atoms with Crippen molar-refractivity contribution in [2.75, 3.05) is 13.1 Å². The third kappa shape index (κ3) is 4.19. The summed E-state index contributed by atoms with van der Waals surface area (Å²) in [5, 5.41) is 5.38. The minimum Gasteiger partial charge on any atom is -0.342 e. The predicted molar refractivity (Wildman–Crippen MR) is 109 cm³/mol. The Morgan fingerprint density at radius 1 is 1.37 bits per heavy atom. The largest absolute Gasteiger partial charge is 0.342 e. The Balaban J connectivity index is 1.80. The Bertz CT molecular complexity index is 843. The average molecular weight is 389 g/mol. The highest BCUT2D eigenvalue weighted by atomic mass is 35.5. The van der Waals surface area contributed by atoms with Crippen molar-refractivity contribution in [3.05, 3.63) is 45.7 Å². The standard InChI is InChI=1S/C21H29ClN4O/c1-13-7-8-18(10-20(13)22)26-16(4)19(15(3)24-26)11-21(27)25-9-5-6-17(12-25)14(2)23/h7-8,10,14,17H,5-6,9,11-12,23H2,1-4H3/t14-,17-/m0/s1. The van der Waals surface area contributed by atoms with Crippen LogP contribution in [-0.2, 0) is 11.2 Å². The van der Waals surface area contributed by atoms with Crippen molar-refractivity contribution < 1.29 is 4.79 Å². The van der Waals surface area contributed by atoms with Gasteiger partial charge >= 0.3 is 0 Å². The number of aryl methyl sites for hydroxylation is 2. The molecular formula is C21H29ClN4O. The lowest BCUT2D eigenvalue weighted by atomic mass is 9.92. The van der Waals surface area contributed by atoms with Crippen LogP contribution in [0.3, 0.4) is 0 Å². The molecule has 2 N–H and O–H groups in total. The summed E-state index contributed by atoms with van der Waals surface area (Å²) < 4.78 is 1.88. The normalized spacial score (nSPS) is 18.6. The van der Waals surface area contributed by atoms with Gasteiger partial charge in [-0.25, -0.2) is 4.68 Å². The number of hydrogen-bond donors (Lipinski definition) is 1. The summed E-state index contributed by atoms with van der Waals surface area (Å²) in [5.41, 5.74) is 10.9. The van der Waals surface area contributed by atoms with Gasteiger partial charge in [-0.15, -0.1) is 0 Å². The lowest BCUT2D eigenvalue weighted by Gasteiger charge is -2.34. The van der Waals surface area contributed by atoms with Crippen LogP contribution in [0.4, 0.5) is 0 Å². The molecule has 2 aromatic rings. The first kappa shape index (κ1) is 19.9. The molecule has 0 bridgehead atoms. The Morgan fingerprint density at radius 2 is 2.11 bits per heavy atom. The molecule has 2 heterocycles. The summed E-state index contributed by atoms with van der Waals surface area (Å²) in [7, 11) is 0. The van der Waals surface area contributed by atoms with Crippen LogP contribution in [-0.4, -0.2) is 39.7 Å². The zero-order chi connectivity index (χ0) is 19.7. The molecule has 1 fully saturated rings. The average Bonchev–Trinajstić information content (AvgIpc) is 2.92. The number of nitrogens with two attached hydrogens (primary N) is 1.